The first-order valence-corrected chi connectivity index (χ1v) is 9.56. The summed E-state index contributed by atoms with van der Waals surface area (Å²) < 4.78 is 7.44. The van der Waals surface area contributed by atoms with Gasteiger partial charge < -0.3 is 9.73 Å². The number of nitrogens with zero attached hydrogens (tertiary/aromatic N) is 3. The lowest BCUT2D eigenvalue weighted by Crippen LogP contribution is -1.96. The van der Waals surface area contributed by atoms with Crippen molar-refractivity contribution in [2.24, 2.45) is 0 Å². The van der Waals surface area contributed by atoms with Crippen molar-refractivity contribution in [3.8, 4) is 0 Å². The minimum absolute atomic E-state index is 0.615. The van der Waals surface area contributed by atoms with Crippen LogP contribution < -0.4 is 5.32 Å². The first-order valence-electron chi connectivity index (χ1n) is 6.94. The van der Waals surface area contributed by atoms with Gasteiger partial charge in [0.15, 0.2) is 4.34 Å². The molecule has 0 radical (unpaired) electrons. The molecule has 0 aliphatic heterocycles. The summed E-state index contributed by atoms with van der Waals surface area (Å²) in [5.74, 6) is 1.69. The number of hydrogen-bond donors (Lipinski definition) is 1. The van der Waals surface area contributed by atoms with Gasteiger partial charge >= 0.3 is 0 Å². The number of rotatable bonds is 6. The van der Waals surface area contributed by atoms with Crippen molar-refractivity contribution in [1.29, 1.82) is 0 Å². The number of anilines is 1. The van der Waals surface area contributed by atoms with Crippen molar-refractivity contribution in [1.82, 2.24) is 15.2 Å². The molecule has 0 saturated heterocycles. The number of benzene rings is 1. The maximum atomic E-state index is 5.28. The van der Waals surface area contributed by atoms with Crippen molar-refractivity contribution in [2.45, 2.75) is 16.6 Å². The second-order valence-corrected chi connectivity index (χ2v) is 7.99. The van der Waals surface area contributed by atoms with Crippen LogP contribution in [0.3, 0.4) is 0 Å². The van der Waals surface area contributed by atoms with E-state index in [0.717, 1.165) is 31.5 Å². The highest BCUT2D eigenvalue weighted by molar-refractivity contribution is 8.00. The summed E-state index contributed by atoms with van der Waals surface area (Å²) >= 11 is 4.94. The van der Waals surface area contributed by atoms with Crippen molar-refractivity contribution < 1.29 is 4.42 Å². The van der Waals surface area contributed by atoms with Crippen molar-refractivity contribution in [3.05, 3.63) is 53.4 Å². The Morgan fingerprint density at radius 2 is 2.04 bits per heavy atom. The standard InChI is InChI=1S/C15H12N4OS3/c1-2-6-12-11(5-1)17-13(22-12)9-21-15-19-18-14(23-15)16-8-10-4-3-7-20-10/h1-7H,8-9H2,(H,16,18). The van der Waals surface area contributed by atoms with E-state index in [2.05, 4.69) is 26.6 Å². The van der Waals surface area contributed by atoms with E-state index < -0.39 is 0 Å². The first kappa shape index (κ1) is 14.7. The summed E-state index contributed by atoms with van der Waals surface area (Å²) in [6.07, 6.45) is 1.66. The topological polar surface area (TPSA) is 63.8 Å². The third-order valence-corrected chi connectivity index (χ3v) is 6.30. The van der Waals surface area contributed by atoms with E-state index in [1.807, 2.05) is 30.3 Å². The molecule has 0 bridgehead atoms. The number of furan rings is 1. The Hall–Kier alpha value is -1.90. The molecule has 3 aromatic heterocycles. The highest BCUT2D eigenvalue weighted by Crippen LogP contribution is 2.31. The molecule has 3 heterocycles. The minimum Gasteiger partial charge on any atom is -0.467 e. The van der Waals surface area contributed by atoms with E-state index >= 15 is 0 Å². The molecular formula is C15H12N4OS3. The van der Waals surface area contributed by atoms with Gasteiger partial charge in [-0.1, -0.05) is 35.2 Å². The molecule has 0 fully saturated rings. The zero-order valence-electron chi connectivity index (χ0n) is 11.9. The molecule has 8 heteroatoms. The van der Waals surface area contributed by atoms with E-state index in [1.165, 1.54) is 4.70 Å². The highest BCUT2D eigenvalue weighted by atomic mass is 32.2. The van der Waals surface area contributed by atoms with Crippen LogP contribution in [0.25, 0.3) is 10.2 Å². The van der Waals surface area contributed by atoms with E-state index in [4.69, 9.17) is 4.42 Å². The van der Waals surface area contributed by atoms with Gasteiger partial charge in [-0.05, 0) is 24.3 Å². The SMILES string of the molecule is c1coc(CNc2nnc(SCc3nc4ccccc4s3)s2)c1. The van der Waals surface area contributed by atoms with Crippen LogP contribution in [0.5, 0.6) is 0 Å². The van der Waals surface area contributed by atoms with E-state index in [9.17, 15) is 0 Å². The van der Waals surface area contributed by atoms with Crippen LogP contribution >= 0.6 is 34.4 Å². The van der Waals surface area contributed by atoms with Crippen LogP contribution in [0.2, 0.25) is 0 Å². The van der Waals surface area contributed by atoms with Crippen LogP contribution in [0.4, 0.5) is 5.13 Å². The minimum atomic E-state index is 0.615. The maximum Gasteiger partial charge on any atom is 0.206 e. The second-order valence-electron chi connectivity index (χ2n) is 4.67. The number of fused-ring (bicyclic) bond motifs is 1. The number of thiazole rings is 1. The molecule has 1 aromatic carbocycles. The average Bonchev–Trinajstić information content (AvgIpc) is 3.30. The Bertz CT molecular complexity index is 867. The number of aromatic nitrogens is 3. The lowest BCUT2D eigenvalue weighted by Gasteiger charge is -1.96. The third-order valence-electron chi connectivity index (χ3n) is 3.06. The Balaban J connectivity index is 1.35. The Labute approximate surface area is 144 Å². The van der Waals surface area contributed by atoms with Crippen molar-refractivity contribution in [2.75, 3.05) is 5.32 Å². The van der Waals surface area contributed by atoms with Crippen LogP contribution in [-0.4, -0.2) is 15.2 Å². The van der Waals surface area contributed by atoms with Crippen molar-refractivity contribution in [3.63, 3.8) is 0 Å². The summed E-state index contributed by atoms with van der Waals surface area (Å²) in [5, 5.41) is 13.5. The second kappa shape index (κ2) is 6.69. The zero-order valence-corrected chi connectivity index (χ0v) is 14.4. The lowest BCUT2D eigenvalue weighted by atomic mass is 10.3. The van der Waals surface area contributed by atoms with Gasteiger partial charge in [-0.15, -0.1) is 21.5 Å². The molecule has 0 saturated carbocycles. The predicted octanol–water partition coefficient (Wildman–Crippen LogP) is 4.65. The molecule has 0 aliphatic carbocycles. The molecular weight excluding hydrogens is 348 g/mol. The molecule has 116 valence electrons. The smallest absolute Gasteiger partial charge is 0.206 e. The van der Waals surface area contributed by atoms with Gasteiger partial charge in [-0.3, -0.25) is 0 Å². The molecule has 0 unspecified atom stereocenters. The fraction of sp³-hybridized carbons (Fsp3) is 0.133. The van der Waals surface area contributed by atoms with Crippen LogP contribution in [0.1, 0.15) is 10.8 Å². The van der Waals surface area contributed by atoms with E-state index in [-0.39, 0.29) is 0 Å². The Kier molecular flexibility index (Phi) is 4.27. The Morgan fingerprint density at radius 3 is 2.91 bits per heavy atom. The fourth-order valence-electron chi connectivity index (χ4n) is 2.02. The van der Waals surface area contributed by atoms with Gasteiger partial charge in [0.25, 0.3) is 0 Å². The highest BCUT2D eigenvalue weighted by Gasteiger charge is 2.08. The van der Waals surface area contributed by atoms with E-state index in [0.29, 0.717) is 6.54 Å². The third kappa shape index (κ3) is 3.54. The molecule has 1 N–H and O–H groups in total. The molecule has 0 spiro atoms. The lowest BCUT2D eigenvalue weighted by molar-refractivity contribution is 0.518. The van der Waals surface area contributed by atoms with Gasteiger partial charge in [0.1, 0.15) is 10.8 Å². The van der Waals surface area contributed by atoms with Crippen LogP contribution in [0.15, 0.2) is 51.4 Å². The molecule has 5 nitrogen and oxygen atoms in total. The number of thioether (sulfide) groups is 1. The maximum absolute atomic E-state index is 5.28. The molecule has 23 heavy (non-hydrogen) atoms. The van der Waals surface area contributed by atoms with Gasteiger partial charge in [-0.2, -0.15) is 0 Å². The quantitative estimate of drug-likeness (QED) is 0.505. The van der Waals surface area contributed by atoms with Gasteiger partial charge in [0.05, 0.1) is 28.8 Å². The normalized spacial score (nSPS) is 11.1. The number of para-hydroxylation sites is 1. The molecule has 4 rings (SSSR count). The summed E-state index contributed by atoms with van der Waals surface area (Å²) in [5.41, 5.74) is 1.06. The summed E-state index contributed by atoms with van der Waals surface area (Å²) in [7, 11) is 0. The van der Waals surface area contributed by atoms with Crippen LogP contribution in [0, 0.1) is 0 Å². The molecule has 0 aliphatic rings. The molecule has 0 atom stereocenters. The van der Waals surface area contributed by atoms with Gasteiger partial charge in [0.2, 0.25) is 5.13 Å². The van der Waals surface area contributed by atoms with E-state index in [1.54, 1.807) is 40.7 Å². The average molecular weight is 360 g/mol. The van der Waals surface area contributed by atoms with Gasteiger partial charge in [-0.25, -0.2) is 4.98 Å². The Morgan fingerprint density at radius 1 is 1.09 bits per heavy atom. The first-order chi connectivity index (χ1) is 11.4. The predicted molar refractivity (Wildman–Crippen MR) is 95.1 cm³/mol. The summed E-state index contributed by atoms with van der Waals surface area (Å²) in [4.78, 5) is 4.63. The van der Waals surface area contributed by atoms with Crippen LogP contribution in [-0.2, 0) is 12.3 Å². The number of hydrogen-bond acceptors (Lipinski definition) is 8. The fourth-order valence-corrected chi connectivity index (χ4v) is 4.73. The van der Waals surface area contributed by atoms with Gasteiger partial charge in [0, 0.05) is 0 Å². The molecule has 4 aromatic rings. The number of nitrogens with one attached hydrogen (secondary N) is 1. The summed E-state index contributed by atoms with van der Waals surface area (Å²) in [6, 6.07) is 12.0. The monoisotopic (exact) mass is 360 g/mol. The summed E-state index contributed by atoms with van der Waals surface area (Å²) in [6.45, 7) is 0.615. The largest absolute Gasteiger partial charge is 0.467 e. The zero-order chi connectivity index (χ0) is 15.5. The molecule has 0 amide bonds. The van der Waals surface area contributed by atoms with Crippen molar-refractivity contribution >= 4 is 49.8 Å².